The first-order chi connectivity index (χ1) is 9.65. The number of nitrogens with zero attached hydrogens (tertiary/aromatic N) is 1. The average Bonchev–Trinajstić information content (AvgIpc) is 2.86. The molecular formula is C14H24N2O5. The minimum absolute atomic E-state index is 0.104. The molecule has 0 aromatic carbocycles. The lowest BCUT2D eigenvalue weighted by Gasteiger charge is -2.27. The maximum Gasteiger partial charge on any atom is 0.326 e. The summed E-state index contributed by atoms with van der Waals surface area (Å²) in [5, 5.41) is 11.4. The number of carboxylic acids is 1. The van der Waals surface area contributed by atoms with Crippen LogP contribution in [-0.2, 0) is 14.3 Å². The van der Waals surface area contributed by atoms with Crippen molar-refractivity contribution in [1.29, 1.82) is 0 Å². The topological polar surface area (TPSA) is 95.9 Å². The number of hydrogen-bond acceptors (Lipinski definition) is 4. The number of carboxylic acid groups (broad SMARTS) is 1. The van der Waals surface area contributed by atoms with Gasteiger partial charge in [0, 0.05) is 13.1 Å². The van der Waals surface area contributed by atoms with E-state index in [-0.39, 0.29) is 11.8 Å². The molecule has 1 unspecified atom stereocenters. The van der Waals surface area contributed by atoms with Crippen molar-refractivity contribution in [3.05, 3.63) is 0 Å². The van der Waals surface area contributed by atoms with Crippen molar-refractivity contribution in [3.8, 4) is 0 Å². The number of aliphatic carboxylic acids is 1. The highest BCUT2D eigenvalue weighted by molar-refractivity contribution is 5.86. The lowest BCUT2D eigenvalue weighted by atomic mass is 9.80. The number of amides is 2. The SMILES string of the molecule is COC(=O)C[C@H](NC(=O)N1CCC(C(C)(C)C)C1)C(=O)O. The minimum atomic E-state index is -1.27. The Morgan fingerprint density at radius 1 is 1.38 bits per heavy atom. The Balaban J connectivity index is 2.59. The van der Waals surface area contributed by atoms with Crippen LogP contribution in [0, 0.1) is 11.3 Å². The number of esters is 1. The molecule has 2 N–H and O–H groups in total. The van der Waals surface area contributed by atoms with Gasteiger partial charge in [-0.1, -0.05) is 20.8 Å². The highest BCUT2D eigenvalue weighted by Crippen LogP contribution is 2.33. The van der Waals surface area contributed by atoms with Crippen LogP contribution < -0.4 is 5.32 Å². The Bertz CT molecular complexity index is 416. The van der Waals surface area contributed by atoms with E-state index in [1.54, 1.807) is 4.90 Å². The fourth-order valence-electron chi connectivity index (χ4n) is 2.34. The van der Waals surface area contributed by atoms with Gasteiger partial charge < -0.3 is 20.1 Å². The number of urea groups is 1. The molecule has 1 aliphatic rings. The summed E-state index contributed by atoms with van der Waals surface area (Å²) in [6.07, 6.45) is 0.514. The normalized spacial score (nSPS) is 20.0. The molecule has 1 aliphatic heterocycles. The molecule has 0 saturated carbocycles. The van der Waals surface area contributed by atoms with Gasteiger partial charge >= 0.3 is 18.0 Å². The third kappa shape index (κ3) is 4.91. The number of rotatable bonds is 4. The molecule has 7 nitrogen and oxygen atoms in total. The third-order valence-electron chi connectivity index (χ3n) is 3.89. The van der Waals surface area contributed by atoms with E-state index in [0.29, 0.717) is 19.0 Å². The van der Waals surface area contributed by atoms with E-state index in [1.165, 1.54) is 7.11 Å². The molecule has 120 valence electrons. The fraction of sp³-hybridized carbons (Fsp3) is 0.786. The van der Waals surface area contributed by atoms with Gasteiger partial charge in [-0.2, -0.15) is 0 Å². The van der Waals surface area contributed by atoms with Crippen LogP contribution in [-0.4, -0.2) is 54.2 Å². The lowest BCUT2D eigenvalue weighted by Crippen LogP contribution is -2.48. The molecule has 1 fully saturated rings. The zero-order chi connectivity index (χ0) is 16.2. The Labute approximate surface area is 124 Å². The molecule has 0 aromatic heterocycles. The molecule has 0 aromatic rings. The van der Waals surface area contributed by atoms with E-state index in [9.17, 15) is 14.4 Å². The van der Waals surface area contributed by atoms with Gasteiger partial charge in [0.15, 0.2) is 0 Å². The quantitative estimate of drug-likeness (QED) is 0.757. The number of nitrogens with one attached hydrogen (secondary N) is 1. The lowest BCUT2D eigenvalue weighted by molar-refractivity contribution is -0.147. The first-order valence-corrected chi connectivity index (χ1v) is 7.00. The molecule has 7 heteroatoms. The van der Waals surface area contributed by atoms with Crippen LogP contribution in [0.1, 0.15) is 33.6 Å². The van der Waals surface area contributed by atoms with Crippen LogP contribution in [0.3, 0.4) is 0 Å². The second-order valence-electron chi connectivity index (χ2n) is 6.42. The average molecular weight is 300 g/mol. The van der Waals surface area contributed by atoms with Crippen LogP contribution in [0.4, 0.5) is 4.79 Å². The molecule has 1 saturated heterocycles. The molecule has 21 heavy (non-hydrogen) atoms. The van der Waals surface area contributed by atoms with Crippen LogP contribution in [0.5, 0.6) is 0 Å². The van der Waals surface area contributed by atoms with Crippen molar-refractivity contribution >= 4 is 18.0 Å². The summed E-state index contributed by atoms with van der Waals surface area (Å²) in [4.78, 5) is 35.9. The molecular weight excluding hydrogens is 276 g/mol. The summed E-state index contributed by atoms with van der Waals surface area (Å²) in [5.41, 5.74) is 0.104. The van der Waals surface area contributed by atoms with Crippen molar-refractivity contribution in [2.75, 3.05) is 20.2 Å². The van der Waals surface area contributed by atoms with E-state index in [4.69, 9.17) is 5.11 Å². The van der Waals surface area contributed by atoms with Gasteiger partial charge in [-0.25, -0.2) is 9.59 Å². The second kappa shape index (κ2) is 6.78. The molecule has 2 atom stereocenters. The van der Waals surface area contributed by atoms with Gasteiger partial charge in [0.2, 0.25) is 0 Å². The van der Waals surface area contributed by atoms with Crippen LogP contribution in [0.25, 0.3) is 0 Å². The minimum Gasteiger partial charge on any atom is -0.480 e. The first kappa shape index (κ1) is 17.3. The third-order valence-corrected chi connectivity index (χ3v) is 3.89. The van der Waals surface area contributed by atoms with Gasteiger partial charge in [0.25, 0.3) is 0 Å². The van der Waals surface area contributed by atoms with Crippen molar-refractivity contribution in [2.24, 2.45) is 11.3 Å². The van der Waals surface area contributed by atoms with Crippen LogP contribution >= 0.6 is 0 Å². The maximum absolute atomic E-state index is 12.1. The van der Waals surface area contributed by atoms with Gasteiger partial charge in [0.1, 0.15) is 6.04 Å². The number of hydrogen-bond donors (Lipinski definition) is 2. The summed E-state index contributed by atoms with van der Waals surface area (Å²) < 4.78 is 4.43. The summed E-state index contributed by atoms with van der Waals surface area (Å²) in [5.74, 6) is -1.54. The predicted molar refractivity (Wildman–Crippen MR) is 75.7 cm³/mol. The summed E-state index contributed by atoms with van der Waals surface area (Å²) in [6, 6.07) is -1.71. The number of methoxy groups -OCH3 is 1. The van der Waals surface area contributed by atoms with Crippen molar-refractivity contribution in [3.63, 3.8) is 0 Å². The van der Waals surface area contributed by atoms with Gasteiger partial charge in [-0.05, 0) is 17.8 Å². The van der Waals surface area contributed by atoms with Gasteiger partial charge in [-0.3, -0.25) is 4.79 Å². The van der Waals surface area contributed by atoms with Gasteiger partial charge in [0.05, 0.1) is 13.5 Å². The zero-order valence-electron chi connectivity index (χ0n) is 13.0. The Hall–Kier alpha value is -1.79. The van der Waals surface area contributed by atoms with Crippen molar-refractivity contribution < 1.29 is 24.2 Å². The number of likely N-dealkylation sites (tertiary alicyclic amines) is 1. The number of ether oxygens (including phenoxy) is 1. The van der Waals surface area contributed by atoms with Crippen LogP contribution in [0.2, 0.25) is 0 Å². The standard InChI is InChI=1S/C14H24N2O5/c1-14(2,3)9-5-6-16(8-9)13(20)15-10(12(18)19)7-11(17)21-4/h9-10H,5-8H2,1-4H3,(H,15,20)(H,18,19)/t9?,10-/m0/s1. The fourth-order valence-corrected chi connectivity index (χ4v) is 2.34. The monoisotopic (exact) mass is 300 g/mol. The molecule has 1 rings (SSSR count). The van der Waals surface area contributed by atoms with E-state index < -0.39 is 24.0 Å². The zero-order valence-corrected chi connectivity index (χ0v) is 13.0. The molecule has 0 radical (unpaired) electrons. The highest BCUT2D eigenvalue weighted by atomic mass is 16.5. The Morgan fingerprint density at radius 2 is 2.00 bits per heavy atom. The van der Waals surface area contributed by atoms with E-state index in [2.05, 4.69) is 30.8 Å². The molecule has 1 heterocycles. The molecule has 2 amide bonds. The summed E-state index contributed by atoms with van der Waals surface area (Å²) >= 11 is 0. The molecule has 0 aliphatic carbocycles. The number of carbonyl (C=O) groups is 3. The maximum atomic E-state index is 12.1. The summed E-state index contributed by atoms with van der Waals surface area (Å²) in [6.45, 7) is 7.56. The van der Waals surface area contributed by atoms with Gasteiger partial charge in [-0.15, -0.1) is 0 Å². The Kier molecular flexibility index (Phi) is 5.57. The largest absolute Gasteiger partial charge is 0.480 e. The smallest absolute Gasteiger partial charge is 0.326 e. The second-order valence-corrected chi connectivity index (χ2v) is 6.42. The first-order valence-electron chi connectivity index (χ1n) is 7.00. The predicted octanol–water partition coefficient (Wildman–Crippen LogP) is 1.08. The van der Waals surface area contributed by atoms with E-state index in [1.807, 2.05) is 0 Å². The van der Waals surface area contributed by atoms with E-state index in [0.717, 1.165) is 6.42 Å². The van der Waals surface area contributed by atoms with Crippen molar-refractivity contribution in [2.45, 2.75) is 39.7 Å². The molecule has 0 spiro atoms. The Morgan fingerprint density at radius 3 is 2.43 bits per heavy atom. The highest BCUT2D eigenvalue weighted by Gasteiger charge is 2.35. The van der Waals surface area contributed by atoms with Crippen LogP contribution in [0.15, 0.2) is 0 Å². The molecule has 0 bridgehead atoms. The summed E-state index contributed by atoms with van der Waals surface area (Å²) in [7, 11) is 1.18. The van der Waals surface area contributed by atoms with E-state index >= 15 is 0 Å². The van der Waals surface area contributed by atoms with Crippen molar-refractivity contribution in [1.82, 2.24) is 10.2 Å². The number of carbonyl (C=O) groups excluding carboxylic acids is 2.